The maximum Gasteiger partial charge on any atom is 0.0541 e. The van der Waals surface area contributed by atoms with Crippen LogP contribution >= 0.6 is 77.0 Å². The van der Waals surface area contributed by atoms with Crippen molar-refractivity contribution in [3.8, 4) is 39.3 Å². The second kappa shape index (κ2) is 23.0. The molecule has 0 saturated carbocycles. The monoisotopic (exact) mass is 1390 g/mol. The third-order valence-corrected chi connectivity index (χ3v) is 16.7. The Hall–Kier alpha value is -7.74. The first-order chi connectivity index (χ1) is 39.9. The first-order valence-electron chi connectivity index (χ1n) is 26.7. The minimum Gasteiger partial charge on any atom is -0.355 e. The molecule has 81 heavy (non-hydrogen) atoms. The lowest BCUT2D eigenvalue weighted by atomic mass is 10.0. The van der Waals surface area contributed by atoms with Gasteiger partial charge in [0.25, 0.3) is 0 Å². The quantitative estimate of drug-likeness (QED) is 0.132. The Labute approximate surface area is 513 Å². The van der Waals surface area contributed by atoms with Crippen LogP contribution in [0.4, 0.5) is 0 Å². The molecule has 0 aliphatic rings. The minimum absolute atomic E-state index is 1.07. The molecule has 4 aromatic heterocycles. The van der Waals surface area contributed by atoms with Crippen LogP contribution in [0, 0.1) is 3.57 Å². The summed E-state index contributed by atoms with van der Waals surface area (Å²) in [6, 6.07) is 99.8. The van der Waals surface area contributed by atoms with E-state index in [-0.39, 0.29) is 0 Å². The van der Waals surface area contributed by atoms with Crippen LogP contribution in [0.2, 0.25) is 0 Å². The molecular formula is C73H50Br2I2N4. The third-order valence-electron chi connectivity index (χ3n) is 15.1. The normalized spacial score (nSPS) is 11.3. The number of halogens is 4. The van der Waals surface area contributed by atoms with Crippen molar-refractivity contribution >= 4 is 164 Å². The molecule has 0 atom stereocenters. The first kappa shape index (κ1) is 52.6. The highest BCUT2D eigenvalue weighted by atomic mass is 127. The first-order valence-corrected chi connectivity index (χ1v) is 31.5. The number of rotatable bonds is 5. The zero-order valence-electron chi connectivity index (χ0n) is 43.9. The van der Waals surface area contributed by atoms with Gasteiger partial charge in [-0.25, -0.2) is 0 Å². The molecule has 0 saturated heterocycles. The van der Waals surface area contributed by atoms with E-state index in [2.05, 4.69) is 363 Å². The molecule has 0 amide bonds. The number of aromatic nitrogens is 4. The van der Waals surface area contributed by atoms with Gasteiger partial charge in [0.15, 0.2) is 0 Å². The smallest absolute Gasteiger partial charge is 0.0541 e. The van der Waals surface area contributed by atoms with E-state index in [1.807, 2.05) is 17.1 Å². The highest BCUT2D eigenvalue weighted by Gasteiger charge is 2.17. The molecule has 8 heteroatoms. The number of benzene rings is 12. The molecule has 12 aromatic carbocycles. The lowest BCUT2D eigenvalue weighted by Crippen LogP contribution is -1.93. The van der Waals surface area contributed by atoms with Gasteiger partial charge >= 0.3 is 0 Å². The molecule has 0 aliphatic heterocycles. The van der Waals surface area contributed by atoms with E-state index >= 15 is 0 Å². The predicted molar refractivity (Wildman–Crippen MR) is 371 cm³/mol. The van der Waals surface area contributed by atoms with E-state index < -0.39 is 0 Å². The minimum atomic E-state index is 1.07. The van der Waals surface area contributed by atoms with Crippen molar-refractivity contribution in [2.75, 3.05) is 4.93 Å². The summed E-state index contributed by atoms with van der Waals surface area (Å²) in [7, 11) is 0. The molecule has 1 N–H and O–H groups in total. The summed E-state index contributed by atoms with van der Waals surface area (Å²) in [4.78, 5) is 5.50. The van der Waals surface area contributed by atoms with Gasteiger partial charge in [-0.15, -0.1) is 0 Å². The summed E-state index contributed by atoms with van der Waals surface area (Å²) in [5, 5.41) is 10.2. The van der Waals surface area contributed by atoms with Crippen LogP contribution in [-0.2, 0) is 0 Å². The van der Waals surface area contributed by atoms with Gasteiger partial charge < -0.3 is 18.7 Å². The SMILES string of the molecule is Brc1cccc(-n2c3ccccc3c3cc(-c4ccc5c(c4)c4ccccc4n5-c4ccccc4)ccc32)c1.Brc1cccc(I)c1.CI.c1ccc(-n2c3ccccc3c3cc(-c4ccc5[nH]c6ccccc6c5c4)ccc32)cc1. The van der Waals surface area contributed by atoms with Crippen molar-refractivity contribution < 1.29 is 0 Å². The van der Waals surface area contributed by atoms with E-state index in [1.165, 1.54) is 124 Å². The molecule has 4 heterocycles. The van der Waals surface area contributed by atoms with E-state index in [0.29, 0.717) is 0 Å². The van der Waals surface area contributed by atoms with Crippen molar-refractivity contribution in [2.24, 2.45) is 0 Å². The van der Waals surface area contributed by atoms with Crippen LogP contribution in [-0.4, -0.2) is 23.6 Å². The molecule has 4 nitrogen and oxygen atoms in total. The van der Waals surface area contributed by atoms with Gasteiger partial charge in [-0.1, -0.05) is 200 Å². The van der Waals surface area contributed by atoms with Crippen LogP contribution in [0.1, 0.15) is 0 Å². The standard InChI is InChI=1S/C36H23BrN2.C30H20N2.C6H4BrI.CH3I/c37-26-9-8-12-28(23-26)39-34-16-7-5-14-30(34)32-22-25(18-20-36(32)39)24-17-19-35-31(21-24)29-13-4-6-15-33(29)38(35)27-10-2-1-3-11-27;1-2-8-22(9-3-1)32-29-13-7-5-11-24(29)26-19-21(15-17-30(26)32)20-14-16-28-25(18-20)23-10-4-6-12-27(23)31-28;7-5-2-1-3-6(8)4-5;1-2/h1-23H;1-19,31H;1-4H;1H3. The Morgan fingerprint density at radius 3 is 1.06 bits per heavy atom. The summed E-state index contributed by atoms with van der Waals surface area (Å²) in [6.45, 7) is 0. The molecule has 0 aliphatic carbocycles. The number of hydrogen-bond donors (Lipinski definition) is 1. The van der Waals surface area contributed by atoms with Crippen LogP contribution < -0.4 is 0 Å². The second-order valence-corrected chi connectivity index (χ2v) is 22.9. The molecule has 0 bridgehead atoms. The molecule has 0 fully saturated rings. The summed E-state index contributed by atoms with van der Waals surface area (Å²) in [6.07, 6.45) is 0. The lowest BCUT2D eigenvalue weighted by Gasteiger charge is -2.09. The zero-order chi connectivity index (χ0) is 55.0. The molecule has 0 unspecified atom stereocenters. The number of para-hydroxylation sites is 6. The number of nitrogens with zero attached hydrogens (tertiary/aromatic N) is 3. The lowest BCUT2D eigenvalue weighted by molar-refractivity contribution is 1.18. The molecule has 16 rings (SSSR count). The van der Waals surface area contributed by atoms with Gasteiger partial charge in [-0.05, 0) is 183 Å². The van der Waals surface area contributed by atoms with E-state index in [1.54, 1.807) is 0 Å². The Bertz CT molecular complexity index is 4940. The Morgan fingerprint density at radius 2 is 0.617 bits per heavy atom. The fourth-order valence-electron chi connectivity index (χ4n) is 11.5. The number of aromatic amines is 1. The largest absolute Gasteiger partial charge is 0.355 e. The predicted octanol–water partition coefficient (Wildman–Crippen LogP) is 22.5. The summed E-state index contributed by atoms with van der Waals surface area (Å²) in [5.74, 6) is 0. The van der Waals surface area contributed by atoms with Gasteiger partial charge in [-0.2, -0.15) is 0 Å². The van der Waals surface area contributed by atoms with Crippen molar-refractivity contribution in [1.29, 1.82) is 0 Å². The molecule has 0 radical (unpaired) electrons. The van der Waals surface area contributed by atoms with Crippen molar-refractivity contribution in [3.05, 3.63) is 292 Å². The van der Waals surface area contributed by atoms with Crippen LogP contribution in [0.5, 0.6) is 0 Å². The second-order valence-electron chi connectivity index (χ2n) is 19.8. The number of alkyl halides is 1. The Balaban J connectivity index is 0.000000132. The maximum absolute atomic E-state index is 3.66. The van der Waals surface area contributed by atoms with Crippen LogP contribution in [0.3, 0.4) is 0 Å². The van der Waals surface area contributed by atoms with E-state index in [4.69, 9.17) is 0 Å². The molecule has 0 spiro atoms. The third kappa shape index (κ3) is 10.1. The highest BCUT2D eigenvalue weighted by Crippen LogP contribution is 2.40. The van der Waals surface area contributed by atoms with Crippen molar-refractivity contribution in [2.45, 2.75) is 0 Å². The summed E-state index contributed by atoms with van der Waals surface area (Å²) >= 11 is 11.4. The number of hydrogen-bond acceptors (Lipinski definition) is 0. The molecule has 390 valence electrons. The zero-order valence-corrected chi connectivity index (χ0v) is 51.4. The Kier molecular flexibility index (Phi) is 15.0. The fourth-order valence-corrected chi connectivity index (χ4v) is 13.3. The Morgan fingerprint density at radius 1 is 0.272 bits per heavy atom. The van der Waals surface area contributed by atoms with Gasteiger partial charge in [0, 0.05) is 83.7 Å². The number of fused-ring (bicyclic) bond motifs is 12. The molecule has 16 aromatic rings. The van der Waals surface area contributed by atoms with Gasteiger partial charge in [0.05, 0.1) is 33.1 Å². The number of H-pyrrole nitrogens is 1. The van der Waals surface area contributed by atoms with E-state index in [0.717, 1.165) is 14.6 Å². The summed E-state index contributed by atoms with van der Waals surface area (Å²) < 4.78 is 10.6. The molecular weight excluding hydrogens is 1350 g/mol. The fraction of sp³-hybridized carbons (Fsp3) is 0.0137. The van der Waals surface area contributed by atoms with E-state index in [9.17, 15) is 0 Å². The van der Waals surface area contributed by atoms with Gasteiger partial charge in [0.2, 0.25) is 0 Å². The number of nitrogens with one attached hydrogen (secondary N) is 1. The maximum atomic E-state index is 3.66. The van der Waals surface area contributed by atoms with Crippen molar-refractivity contribution in [1.82, 2.24) is 18.7 Å². The summed E-state index contributed by atoms with van der Waals surface area (Å²) in [5.41, 5.74) is 18.1. The average molecular weight is 1400 g/mol. The van der Waals surface area contributed by atoms with Crippen LogP contribution in [0.25, 0.3) is 127 Å². The van der Waals surface area contributed by atoms with Crippen molar-refractivity contribution in [3.63, 3.8) is 0 Å². The highest BCUT2D eigenvalue weighted by molar-refractivity contribution is 14.1. The topological polar surface area (TPSA) is 30.6 Å². The van der Waals surface area contributed by atoms with Crippen LogP contribution in [0.15, 0.2) is 288 Å². The van der Waals surface area contributed by atoms with Gasteiger partial charge in [0.1, 0.15) is 0 Å². The van der Waals surface area contributed by atoms with Gasteiger partial charge in [-0.3, -0.25) is 0 Å². The average Bonchev–Trinajstić information content (AvgIpc) is 4.46.